The van der Waals surface area contributed by atoms with E-state index in [1.54, 1.807) is 11.8 Å². The van der Waals surface area contributed by atoms with Gasteiger partial charge in [0.2, 0.25) is 0 Å². The van der Waals surface area contributed by atoms with E-state index in [0.717, 1.165) is 47.3 Å². The van der Waals surface area contributed by atoms with Crippen LogP contribution in [0, 0.1) is 11.8 Å². The van der Waals surface area contributed by atoms with E-state index in [0.29, 0.717) is 5.92 Å². The summed E-state index contributed by atoms with van der Waals surface area (Å²) in [6.07, 6.45) is 5.47. The molecular weight excluding hydrogens is 316 g/mol. The maximum Gasteiger partial charge on any atom is 0.194 e. The Morgan fingerprint density at radius 1 is 1.04 bits per heavy atom. The SMILES string of the molecule is O=CC1CCCC(CSc2ccccc2C(=O)c2ccccc2)C1. The number of carbonyl (C=O) groups excluding carboxylic acids is 2. The van der Waals surface area contributed by atoms with Gasteiger partial charge >= 0.3 is 0 Å². The third kappa shape index (κ3) is 4.15. The fraction of sp³-hybridized carbons (Fsp3) is 0.333. The van der Waals surface area contributed by atoms with E-state index in [-0.39, 0.29) is 11.7 Å². The van der Waals surface area contributed by atoms with Crippen molar-refractivity contribution in [3.63, 3.8) is 0 Å². The lowest BCUT2D eigenvalue weighted by Crippen LogP contribution is -2.18. The molecule has 0 saturated heterocycles. The molecule has 2 nitrogen and oxygen atoms in total. The van der Waals surface area contributed by atoms with Gasteiger partial charge in [-0.05, 0) is 37.3 Å². The zero-order valence-electron chi connectivity index (χ0n) is 13.7. The van der Waals surface area contributed by atoms with Gasteiger partial charge in [0.25, 0.3) is 0 Å². The molecule has 24 heavy (non-hydrogen) atoms. The second-order valence-electron chi connectivity index (χ2n) is 6.43. The van der Waals surface area contributed by atoms with Crippen LogP contribution in [-0.2, 0) is 4.79 Å². The Morgan fingerprint density at radius 2 is 1.79 bits per heavy atom. The van der Waals surface area contributed by atoms with Gasteiger partial charge in [-0.1, -0.05) is 48.9 Å². The Kier molecular flexibility index (Phi) is 5.86. The van der Waals surface area contributed by atoms with Gasteiger partial charge in [0.15, 0.2) is 5.78 Å². The molecule has 0 bridgehead atoms. The summed E-state index contributed by atoms with van der Waals surface area (Å²) in [6, 6.07) is 17.3. The van der Waals surface area contributed by atoms with Gasteiger partial charge < -0.3 is 4.79 Å². The summed E-state index contributed by atoms with van der Waals surface area (Å²) in [5.74, 6) is 1.85. The Hall–Kier alpha value is -1.87. The van der Waals surface area contributed by atoms with Gasteiger partial charge in [0.1, 0.15) is 6.29 Å². The second-order valence-corrected chi connectivity index (χ2v) is 7.49. The number of carbonyl (C=O) groups is 2. The third-order valence-corrected chi connectivity index (χ3v) is 5.96. The standard InChI is InChI=1S/C21H22O2S/c22-14-16-7-6-8-17(13-16)15-24-20-12-5-4-11-19(20)21(23)18-9-2-1-3-10-18/h1-5,9-12,14,16-17H,6-8,13,15H2. The molecule has 1 saturated carbocycles. The first kappa shape index (κ1) is 17.0. The highest BCUT2D eigenvalue weighted by molar-refractivity contribution is 7.99. The fourth-order valence-electron chi connectivity index (χ4n) is 3.34. The summed E-state index contributed by atoms with van der Waals surface area (Å²) >= 11 is 1.75. The normalized spacial score (nSPS) is 20.5. The topological polar surface area (TPSA) is 34.1 Å². The van der Waals surface area contributed by atoms with E-state index < -0.39 is 0 Å². The van der Waals surface area contributed by atoms with Gasteiger partial charge in [0.05, 0.1) is 0 Å². The van der Waals surface area contributed by atoms with Crippen molar-refractivity contribution in [3.05, 3.63) is 65.7 Å². The maximum absolute atomic E-state index is 12.8. The Bertz CT molecular complexity index is 696. The van der Waals surface area contributed by atoms with E-state index in [1.165, 1.54) is 6.42 Å². The van der Waals surface area contributed by atoms with Crippen LogP contribution >= 0.6 is 11.8 Å². The van der Waals surface area contributed by atoms with Crippen LogP contribution in [0.1, 0.15) is 41.6 Å². The highest BCUT2D eigenvalue weighted by Crippen LogP contribution is 2.34. The van der Waals surface area contributed by atoms with Gasteiger partial charge in [-0.15, -0.1) is 11.8 Å². The van der Waals surface area contributed by atoms with Crippen molar-refractivity contribution in [2.75, 3.05) is 5.75 Å². The third-order valence-electron chi connectivity index (χ3n) is 4.66. The first-order chi connectivity index (χ1) is 11.8. The molecule has 0 radical (unpaired) electrons. The average molecular weight is 338 g/mol. The minimum Gasteiger partial charge on any atom is -0.303 e. The lowest BCUT2D eigenvalue weighted by molar-refractivity contribution is -0.112. The summed E-state index contributed by atoms with van der Waals surface area (Å²) < 4.78 is 0. The number of hydrogen-bond acceptors (Lipinski definition) is 3. The van der Waals surface area contributed by atoms with Crippen molar-refractivity contribution >= 4 is 23.8 Å². The molecule has 3 heteroatoms. The summed E-state index contributed by atoms with van der Waals surface area (Å²) in [7, 11) is 0. The van der Waals surface area contributed by atoms with Crippen LogP contribution in [0.2, 0.25) is 0 Å². The smallest absolute Gasteiger partial charge is 0.194 e. The van der Waals surface area contributed by atoms with Crippen LogP contribution in [0.5, 0.6) is 0 Å². The van der Waals surface area contributed by atoms with Crippen molar-refractivity contribution in [1.29, 1.82) is 0 Å². The molecule has 0 spiro atoms. The quantitative estimate of drug-likeness (QED) is 0.421. The van der Waals surface area contributed by atoms with E-state index in [1.807, 2.05) is 54.6 Å². The molecule has 2 atom stereocenters. The molecule has 1 aliphatic carbocycles. The van der Waals surface area contributed by atoms with Crippen molar-refractivity contribution < 1.29 is 9.59 Å². The second kappa shape index (κ2) is 8.29. The van der Waals surface area contributed by atoms with Crippen LogP contribution in [0.4, 0.5) is 0 Å². The van der Waals surface area contributed by atoms with Gasteiger partial charge in [-0.25, -0.2) is 0 Å². The van der Waals surface area contributed by atoms with E-state index >= 15 is 0 Å². The predicted octanol–water partition coefficient (Wildman–Crippen LogP) is 5.02. The highest BCUT2D eigenvalue weighted by Gasteiger charge is 2.22. The summed E-state index contributed by atoms with van der Waals surface area (Å²) in [4.78, 5) is 24.8. The minimum atomic E-state index is 0.0770. The van der Waals surface area contributed by atoms with Crippen LogP contribution < -0.4 is 0 Å². The van der Waals surface area contributed by atoms with Crippen molar-refractivity contribution in [3.8, 4) is 0 Å². The Labute approximate surface area is 147 Å². The number of thioether (sulfide) groups is 1. The van der Waals surface area contributed by atoms with Crippen molar-refractivity contribution in [1.82, 2.24) is 0 Å². The molecule has 0 N–H and O–H groups in total. The maximum atomic E-state index is 12.8. The zero-order chi connectivity index (χ0) is 16.8. The molecular formula is C21H22O2S. The summed E-state index contributed by atoms with van der Waals surface area (Å²) in [6.45, 7) is 0. The molecule has 124 valence electrons. The van der Waals surface area contributed by atoms with Crippen LogP contribution in [-0.4, -0.2) is 17.8 Å². The minimum absolute atomic E-state index is 0.0770. The van der Waals surface area contributed by atoms with E-state index in [4.69, 9.17) is 0 Å². The van der Waals surface area contributed by atoms with Crippen LogP contribution in [0.3, 0.4) is 0 Å². The van der Waals surface area contributed by atoms with Gasteiger partial charge in [-0.3, -0.25) is 4.79 Å². The first-order valence-electron chi connectivity index (χ1n) is 8.55. The van der Waals surface area contributed by atoms with Crippen molar-refractivity contribution in [2.24, 2.45) is 11.8 Å². The molecule has 2 unspecified atom stereocenters. The fourth-order valence-corrected chi connectivity index (χ4v) is 4.55. The summed E-state index contributed by atoms with van der Waals surface area (Å²) in [5, 5.41) is 0. The molecule has 2 aromatic rings. The number of hydrogen-bond donors (Lipinski definition) is 0. The highest BCUT2D eigenvalue weighted by atomic mass is 32.2. The molecule has 0 heterocycles. The number of rotatable bonds is 6. The van der Waals surface area contributed by atoms with Crippen molar-refractivity contribution in [2.45, 2.75) is 30.6 Å². The van der Waals surface area contributed by atoms with Gasteiger partial charge in [0, 0.05) is 27.7 Å². The molecule has 0 aliphatic heterocycles. The van der Waals surface area contributed by atoms with Crippen LogP contribution in [0.25, 0.3) is 0 Å². The number of aldehydes is 1. The molecule has 2 aromatic carbocycles. The lowest BCUT2D eigenvalue weighted by atomic mass is 9.83. The molecule has 0 aromatic heterocycles. The monoisotopic (exact) mass is 338 g/mol. The Morgan fingerprint density at radius 3 is 2.58 bits per heavy atom. The predicted molar refractivity (Wildman–Crippen MR) is 98.6 cm³/mol. The average Bonchev–Trinajstić information content (AvgIpc) is 2.67. The first-order valence-corrected chi connectivity index (χ1v) is 9.53. The number of benzene rings is 2. The molecule has 1 fully saturated rings. The Balaban J connectivity index is 1.70. The molecule has 3 rings (SSSR count). The van der Waals surface area contributed by atoms with E-state index in [9.17, 15) is 9.59 Å². The van der Waals surface area contributed by atoms with E-state index in [2.05, 4.69) is 0 Å². The molecule has 0 amide bonds. The van der Waals surface area contributed by atoms with Crippen LogP contribution in [0.15, 0.2) is 59.5 Å². The summed E-state index contributed by atoms with van der Waals surface area (Å²) in [5.41, 5.74) is 1.50. The lowest BCUT2D eigenvalue weighted by Gasteiger charge is -2.25. The largest absolute Gasteiger partial charge is 0.303 e. The van der Waals surface area contributed by atoms with Gasteiger partial charge in [-0.2, -0.15) is 0 Å². The number of ketones is 1. The zero-order valence-corrected chi connectivity index (χ0v) is 14.5. The molecule has 1 aliphatic rings.